The predicted octanol–water partition coefficient (Wildman–Crippen LogP) is 3.45. The monoisotopic (exact) mass is 222 g/mol. The summed E-state index contributed by atoms with van der Waals surface area (Å²) >= 11 is 0. The van der Waals surface area contributed by atoms with Crippen molar-refractivity contribution in [2.75, 3.05) is 6.61 Å². The van der Waals surface area contributed by atoms with Crippen LogP contribution in [0.3, 0.4) is 0 Å². The third-order valence-electron chi connectivity index (χ3n) is 2.07. The average molecular weight is 222 g/mol. The van der Waals surface area contributed by atoms with Gasteiger partial charge in [-0.05, 0) is 18.9 Å². The second kappa shape index (κ2) is 8.96. The van der Waals surface area contributed by atoms with Crippen LogP contribution in [0.25, 0.3) is 0 Å². The van der Waals surface area contributed by atoms with E-state index < -0.39 is 0 Å². The van der Waals surface area contributed by atoms with E-state index >= 15 is 0 Å². The summed E-state index contributed by atoms with van der Waals surface area (Å²) in [5, 5.41) is 0. The van der Waals surface area contributed by atoms with Gasteiger partial charge in [-0.25, -0.2) is 0 Å². The lowest BCUT2D eigenvalue weighted by Gasteiger charge is -2.09. The first-order valence-corrected chi connectivity index (χ1v) is 5.94. The molecule has 1 unspecified atom stereocenters. The first kappa shape index (κ1) is 14.7. The van der Waals surface area contributed by atoms with E-state index in [0.29, 0.717) is 6.61 Å². The molecule has 0 heterocycles. The van der Waals surface area contributed by atoms with Gasteiger partial charge >= 0.3 is 5.97 Å². The predicted molar refractivity (Wildman–Crippen MR) is 67.3 cm³/mol. The summed E-state index contributed by atoms with van der Waals surface area (Å²) in [6.45, 7) is 8.18. The van der Waals surface area contributed by atoms with Crippen LogP contribution in [0.5, 0.6) is 0 Å². The largest absolute Gasteiger partial charge is 0.466 e. The van der Waals surface area contributed by atoms with Gasteiger partial charge in [0.25, 0.3) is 0 Å². The molecule has 0 bridgehead atoms. The number of ether oxygens (including phenoxy) is 1. The quantitative estimate of drug-likeness (QED) is 0.729. The number of esters is 1. The maximum absolute atomic E-state index is 11.3. The van der Waals surface area contributed by atoms with Crippen molar-refractivity contribution >= 4 is 5.97 Å². The minimum Gasteiger partial charge on any atom is -0.466 e. The van der Waals surface area contributed by atoms with Crippen molar-refractivity contribution in [3.05, 3.63) is 35.9 Å². The number of rotatable bonds is 4. The van der Waals surface area contributed by atoms with Crippen molar-refractivity contribution < 1.29 is 9.53 Å². The highest BCUT2D eigenvalue weighted by atomic mass is 16.5. The zero-order chi connectivity index (χ0) is 12.4. The molecule has 0 spiro atoms. The van der Waals surface area contributed by atoms with Gasteiger partial charge in [0.1, 0.15) is 0 Å². The summed E-state index contributed by atoms with van der Waals surface area (Å²) in [6, 6.07) is 9.98. The van der Waals surface area contributed by atoms with Crippen molar-refractivity contribution in [1.29, 1.82) is 0 Å². The second-order valence-corrected chi connectivity index (χ2v) is 3.34. The molecule has 0 aliphatic rings. The van der Waals surface area contributed by atoms with Crippen LogP contribution >= 0.6 is 0 Å². The van der Waals surface area contributed by atoms with Gasteiger partial charge in [-0.1, -0.05) is 51.1 Å². The van der Waals surface area contributed by atoms with E-state index in [1.807, 2.05) is 58.0 Å². The Morgan fingerprint density at radius 1 is 1.25 bits per heavy atom. The van der Waals surface area contributed by atoms with Crippen molar-refractivity contribution in [2.45, 2.75) is 34.1 Å². The summed E-state index contributed by atoms with van der Waals surface area (Å²) in [4.78, 5) is 11.3. The normalized spacial score (nSPS) is 11.0. The van der Waals surface area contributed by atoms with Crippen LogP contribution in [-0.2, 0) is 16.0 Å². The van der Waals surface area contributed by atoms with Gasteiger partial charge in [-0.3, -0.25) is 4.79 Å². The van der Waals surface area contributed by atoms with Gasteiger partial charge in [-0.2, -0.15) is 0 Å². The molecule has 0 aliphatic heterocycles. The molecule has 1 atom stereocenters. The lowest BCUT2D eigenvalue weighted by molar-refractivity contribution is -0.147. The number of carbonyl (C=O) groups excluding carboxylic acids is 1. The molecule has 90 valence electrons. The van der Waals surface area contributed by atoms with Crippen LogP contribution < -0.4 is 0 Å². The summed E-state index contributed by atoms with van der Waals surface area (Å²) in [6.07, 6.45) is 0.750. The van der Waals surface area contributed by atoms with Gasteiger partial charge in [-0.15, -0.1) is 0 Å². The lowest BCUT2D eigenvalue weighted by atomic mass is 10.0. The molecule has 0 N–H and O–H groups in total. The van der Waals surface area contributed by atoms with E-state index in [1.54, 1.807) is 0 Å². The highest BCUT2D eigenvalue weighted by Crippen LogP contribution is 2.09. The third-order valence-corrected chi connectivity index (χ3v) is 2.07. The second-order valence-electron chi connectivity index (χ2n) is 3.34. The molecule has 0 radical (unpaired) electrons. The molecule has 0 aromatic heterocycles. The van der Waals surface area contributed by atoms with Crippen LogP contribution in [0.1, 0.15) is 33.3 Å². The highest BCUT2D eigenvalue weighted by molar-refractivity contribution is 5.72. The van der Waals surface area contributed by atoms with E-state index in [2.05, 4.69) is 0 Å². The van der Waals surface area contributed by atoms with Crippen molar-refractivity contribution in [2.24, 2.45) is 5.92 Å². The Balaban J connectivity index is 0.00000106. The summed E-state index contributed by atoms with van der Waals surface area (Å²) < 4.78 is 4.94. The Morgan fingerprint density at radius 3 is 2.31 bits per heavy atom. The van der Waals surface area contributed by atoms with Gasteiger partial charge in [0.2, 0.25) is 0 Å². The van der Waals surface area contributed by atoms with Crippen LogP contribution in [-0.4, -0.2) is 12.6 Å². The molecular formula is C14H22O2. The van der Waals surface area contributed by atoms with Crippen LogP contribution in [0.4, 0.5) is 0 Å². The average Bonchev–Trinajstić information content (AvgIpc) is 2.33. The molecule has 0 aliphatic carbocycles. The Labute approximate surface area is 98.6 Å². The molecule has 2 heteroatoms. The molecule has 1 rings (SSSR count). The Hall–Kier alpha value is -1.31. The first-order chi connectivity index (χ1) is 7.74. The SMILES string of the molecule is CC.CCOC(=O)C(C)Cc1ccccc1. The van der Waals surface area contributed by atoms with Crippen LogP contribution in [0.2, 0.25) is 0 Å². The molecule has 0 saturated carbocycles. The highest BCUT2D eigenvalue weighted by Gasteiger charge is 2.13. The van der Waals surface area contributed by atoms with E-state index in [1.165, 1.54) is 5.56 Å². The first-order valence-electron chi connectivity index (χ1n) is 5.94. The fourth-order valence-electron chi connectivity index (χ4n) is 1.34. The van der Waals surface area contributed by atoms with Crippen molar-refractivity contribution in [3.8, 4) is 0 Å². The zero-order valence-corrected chi connectivity index (χ0v) is 10.7. The van der Waals surface area contributed by atoms with Crippen molar-refractivity contribution in [1.82, 2.24) is 0 Å². The van der Waals surface area contributed by atoms with Gasteiger partial charge in [0.15, 0.2) is 0 Å². The lowest BCUT2D eigenvalue weighted by Crippen LogP contribution is -2.16. The van der Waals surface area contributed by atoms with Gasteiger partial charge in [0.05, 0.1) is 12.5 Å². The Bertz CT molecular complexity index is 280. The maximum atomic E-state index is 11.3. The molecule has 2 nitrogen and oxygen atoms in total. The molecule has 16 heavy (non-hydrogen) atoms. The molecule has 0 saturated heterocycles. The van der Waals surface area contributed by atoms with E-state index in [-0.39, 0.29) is 11.9 Å². The number of benzene rings is 1. The summed E-state index contributed by atoms with van der Waals surface area (Å²) in [7, 11) is 0. The molecule has 0 amide bonds. The Kier molecular flexibility index (Phi) is 8.22. The maximum Gasteiger partial charge on any atom is 0.308 e. The standard InChI is InChI=1S/C12H16O2.C2H6/c1-3-14-12(13)10(2)9-11-7-5-4-6-8-11;1-2/h4-8,10H,3,9H2,1-2H3;1-2H3. The summed E-state index contributed by atoms with van der Waals surface area (Å²) in [5.74, 6) is -0.172. The van der Waals surface area contributed by atoms with E-state index in [0.717, 1.165) is 6.42 Å². The third kappa shape index (κ3) is 5.54. The fourth-order valence-corrected chi connectivity index (χ4v) is 1.34. The molecule has 1 aromatic carbocycles. The molecule has 1 aromatic rings. The molecule has 0 fully saturated rings. The van der Waals surface area contributed by atoms with E-state index in [4.69, 9.17) is 4.74 Å². The van der Waals surface area contributed by atoms with E-state index in [9.17, 15) is 4.79 Å². The fraction of sp³-hybridized carbons (Fsp3) is 0.500. The topological polar surface area (TPSA) is 26.3 Å². The molecular weight excluding hydrogens is 200 g/mol. The smallest absolute Gasteiger partial charge is 0.308 e. The van der Waals surface area contributed by atoms with Crippen LogP contribution in [0.15, 0.2) is 30.3 Å². The Morgan fingerprint density at radius 2 is 1.81 bits per heavy atom. The van der Waals surface area contributed by atoms with Gasteiger partial charge < -0.3 is 4.74 Å². The minimum atomic E-state index is -0.114. The number of hydrogen-bond acceptors (Lipinski definition) is 2. The number of carbonyl (C=O) groups is 1. The van der Waals surface area contributed by atoms with Crippen LogP contribution in [0, 0.1) is 5.92 Å². The van der Waals surface area contributed by atoms with Crippen molar-refractivity contribution in [3.63, 3.8) is 0 Å². The minimum absolute atomic E-state index is 0.0580. The zero-order valence-electron chi connectivity index (χ0n) is 10.7. The number of hydrogen-bond donors (Lipinski definition) is 0. The summed E-state index contributed by atoms with van der Waals surface area (Å²) in [5.41, 5.74) is 1.17. The van der Waals surface area contributed by atoms with Gasteiger partial charge in [0, 0.05) is 0 Å².